The Balaban J connectivity index is 1.61. The lowest BCUT2D eigenvalue weighted by Gasteiger charge is -2.38. The molecule has 6 rings (SSSR count). The number of anilines is 3. The van der Waals surface area contributed by atoms with Crippen molar-refractivity contribution in [1.82, 2.24) is 0 Å². The minimum Gasteiger partial charge on any atom is -0.456 e. The number of fused-ring (bicyclic) bond motifs is 6. The predicted molar refractivity (Wildman–Crippen MR) is 138 cm³/mol. The Hall–Kier alpha value is -4.25. The maximum atomic E-state index is 13.2. The molecule has 0 saturated carbocycles. The minimum atomic E-state index is -1.13. The molecule has 1 unspecified atom stereocenters. The van der Waals surface area contributed by atoms with E-state index < -0.39 is 5.60 Å². The summed E-state index contributed by atoms with van der Waals surface area (Å²) in [6.45, 7) is 2.14. The first-order chi connectivity index (χ1) is 17.0. The van der Waals surface area contributed by atoms with Crippen LogP contribution in [0.4, 0.5) is 17.1 Å². The van der Waals surface area contributed by atoms with Crippen molar-refractivity contribution in [1.29, 1.82) is 0 Å². The second-order valence-corrected chi connectivity index (χ2v) is 9.15. The molecule has 2 aliphatic heterocycles. The van der Waals surface area contributed by atoms with Crippen LogP contribution in [-0.2, 0) is 16.8 Å². The van der Waals surface area contributed by atoms with Crippen LogP contribution >= 0.6 is 0 Å². The van der Waals surface area contributed by atoms with E-state index in [0.717, 1.165) is 40.2 Å². The molecule has 2 aliphatic rings. The molecule has 0 aliphatic carbocycles. The molecule has 5 nitrogen and oxygen atoms in total. The number of rotatable bonds is 4. The Morgan fingerprint density at radius 2 is 1.66 bits per heavy atom. The average Bonchev–Trinajstić information content (AvgIpc) is 3.17. The zero-order valence-corrected chi connectivity index (χ0v) is 20.0. The van der Waals surface area contributed by atoms with Crippen molar-refractivity contribution < 1.29 is 14.3 Å². The van der Waals surface area contributed by atoms with Gasteiger partial charge in [0, 0.05) is 36.6 Å². The summed E-state index contributed by atoms with van der Waals surface area (Å²) in [5.74, 6) is 1.00. The van der Waals surface area contributed by atoms with E-state index in [0.29, 0.717) is 17.1 Å². The summed E-state index contributed by atoms with van der Waals surface area (Å²) < 4.78 is 12.8. The molecular weight excluding hydrogens is 436 g/mol. The molecule has 1 N–H and O–H groups in total. The lowest BCUT2D eigenvalue weighted by Crippen LogP contribution is -2.34. The second-order valence-electron chi connectivity index (χ2n) is 9.15. The van der Waals surface area contributed by atoms with Gasteiger partial charge in [-0.25, -0.2) is 4.79 Å². The fraction of sp³-hybridized carbons (Fsp3) is 0.167. The lowest BCUT2D eigenvalue weighted by atomic mass is 9.76. The third-order valence-electron chi connectivity index (χ3n) is 6.87. The van der Waals surface area contributed by atoms with Crippen molar-refractivity contribution in [2.24, 2.45) is 0 Å². The molecule has 0 fully saturated rings. The third kappa shape index (κ3) is 3.19. The number of carbonyl (C=O) groups excluding carboxylic acids is 1. The minimum absolute atomic E-state index is 0.336. The van der Waals surface area contributed by atoms with E-state index in [-0.39, 0.29) is 5.97 Å². The van der Waals surface area contributed by atoms with Gasteiger partial charge in [0.25, 0.3) is 0 Å². The smallest absolute Gasteiger partial charge is 0.340 e. The monoisotopic (exact) mass is 462 g/mol. The summed E-state index contributed by atoms with van der Waals surface area (Å²) in [5.41, 5.74) is 5.92. The van der Waals surface area contributed by atoms with Gasteiger partial charge in [-0.3, -0.25) is 0 Å². The van der Waals surface area contributed by atoms with E-state index >= 15 is 0 Å². The quantitative estimate of drug-likeness (QED) is 0.345. The van der Waals surface area contributed by atoms with Crippen LogP contribution in [0.3, 0.4) is 0 Å². The number of nitrogens with one attached hydrogen (secondary N) is 1. The van der Waals surface area contributed by atoms with Gasteiger partial charge in [-0.2, -0.15) is 0 Å². The Bertz CT molecular complexity index is 1460. The van der Waals surface area contributed by atoms with Crippen LogP contribution in [0.1, 0.15) is 39.5 Å². The molecule has 1 spiro atoms. The van der Waals surface area contributed by atoms with Crippen molar-refractivity contribution in [3.8, 4) is 11.5 Å². The fourth-order valence-electron chi connectivity index (χ4n) is 5.08. The standard InChI is InChI=1S/C30H26N2O3/c1-4-19-12-14-20(15-13-19)31-25-10-7-11-27-28(25)30(23-9-6-5-8-22(23)29(33)35-30)24-18-21(32(2)3)16-17-26(24)34-27/h5-18,31H,4H2,1-3H3. The van der Waals surface area contributed by atoms with Crippen molar-refractivity contribution in [2.75, 3.05) is 24.3 Å². The Kier molecular flexibility index (Phi) is 4.81. The third-order valence-corrected chi connectivity index (χ3v) is 6.87. The number of nitrogens with zero attached hydrogens (tertiary/aromatic N) is 1. The molecule has 5 heteroatoms. The molecule has 174 valence electrons. The van der Waals surface area contributed by atoms with Crippen LogP contribution < -0.4 is 15.0 Å². The molecule has 4 aromatic carbocycles. The van der Waals surface area contributed by atoms with E-state index in [1.807, 2.05) is 73.6 Å². The molecule has 2 heterocycles. The molecule has 0 amide bonds. The van der Waals surface area contributed by atoms with Crippen LogP contribution in [0, 0.1) is 0 Å². The number of hydrogen-bond acceptors (Lipinski definition) is 5. The Morgan fingerprint density at radius 3 is 2.43 bits per heavy atom. The normalized spacial score (nSPS) is 17.2. The van der Waals surface area contributed by atoms with Gasteiger partial charge in [0.2, 0.25) is 0 Å². The number of hydrogen-bond donors (Lipinski definition) is 1. The van der Waals surface area contributed by atoms with Gasteiger partial charge >= 0.3 is 5.97 Å². The topological polar surface area (TPSA) is 50.8 Å². The molecule has 35 heavy (non-hydrogen) atoms. The van der Waals surface area contributed by atoms with Crippen LogP contribution in [-0.4, -0.2) is 20.1 Å². The van der Waals surface area contributed by atoms with Gasteiger partial charge in [-0.1, -0.05) is 43.3 Å². The average molecular weight is 463 g/mol. The highest BCUT2D eigenvalue weighted by Gasteiger charge is 2.54. The molecule has 0 saturated heterocycles. The fourth-order valence-corrected chi connectivity index (χ4v) is 5.08. The summed E-state index contributed by atoms with van der Waals surface area (Å²) in [6, 6.07) is 27.9. The van der Waals surface area contributed by atoms with E-state index in [1.54, 1.807) is 0 Å². The number of esters is 1. The van der Waals surface area contributed by atoms with Crippen molar-refractivity contribution in [3.63, 3.8) is 0 Å². The molecule has 0 aromatic heterocycles. The van der Waals surface area contributed by atoms with Crippen molar-refractivity contribution >= 4 is 23.0 Å². The van der Waals surface area contributed by atoms with Crippen LogP contribution in [0.25, 0.3) is 0 Å². The first-order valence-corrected chi connectivity index (χ1v) is 11.8. The zero-order chi connectivity index (χ0) is 24.2. The zero-order valence-electron chi connectivity index (χ0n) is 20.0. The van der Waals surface area contributed by atoms with Crippen LogP contribution in [0.2, 0.25) is 0 Å². The van der Waals surface area contributed by atoms with Gasteiger partial charge in [0.1, 0.15) is 11.5 Å². The first kappa shape index (κ1) is 21.3. The Morgan fingerprint density at radius 1 is 0.857 bits per heavy atom. The molecular formula is C30H26N2O3. The number of ether oxygens (including phenoxy) is 2. The maximum absolute atomic E-state index is 13.2. The van der Waals surface area contributed by atoms with Gasteiger partial charge in [0.15, 0.2) is 5.60 Å². The largest absolute Gasteiger partial charge is 0.456 e. The van der Waals surface area contributed by atoms with E-state index in [9.17, 15) is 4.79 Å². The molecule has 1 atom stereocenters. The SMILES string of the molecule is CCc1ccc(Nc2cccc3c2C2(OC(=O)c4ccccc42)c2cc(N(C)C)ccc2O3)cc1. The van der Waals surface area contributed by atoms with Gasteiger partial charge in [-0.05, 0) is 60.5 Å². The summed E-state index contributed by atoms with van der Waals surface area (Å²) >= 11 is 0. The summed E-state index contributed by atoms with van der Waals surface area (Å²) in [7, 11) is 3.99. The first-order valence-electron chi connectivity index (χ1n) is 11.8. The maximum Gasteiger partial charge on any atom is 0.340 e. The Labute approximate surface area is 204 Å². The van der Waals surface area contributed by atoms with Crippen molar-refractivity contribution in [3.05, 3.63) is 113 Å². The van der Waals surface area contributed by atoms with Gasteiger partial charge in [-0.15, -0.1) is 0 Å². The second kappa shape index (κ2) is 7.91. The molecule has 4 aromatic rings. The molecule has 0 radical (unpaired) electrons. The number of carbonyl (C=O) groups is 1. The van der Waals surface area contributed by atoms with Crippen LogP contribution in [0.5, 0.6) is 11.5 Å². The lowest BCUT2D eigenvalue weighted by molar-refractivity contribution is 0.0227. The van der Waals surface area contributed by atoms with E-state index in [1.165, 1.54) is 5.56 Å². The highest BCUT2D eigenvalue weighted by atomic mass is 16.6. The summed E-state index contributed by atoms with van der Waals surface area (Å²) in [4.78, 5) is 15.3. The molecule has 0 bridgehead atoms. The highest BCUT2D eigenvalue weighted by molar-refractivity contribution is 5.97. The summed E-state index contributed by atoms with van der Waals surface area (Å²) in [5, 5.41) is 3.57. The van der Waals surface area contributed by atoms with Crippen LogP contribution in [0.15, 0.2) is 84.9 Å². The summed E-state index contributed by atoms with van der Waals surface area (Å²) in [6.07, 6.45) is 0.982. The number of aryl methyl sites for hydroxylation is 1. The van der Waals surface area contributed by atoms with E-state index in [4.69, 9.17) is 9.47 Å². The van der Waals surface area contributed by atoms with E-state index in [2.05, 4.69) is 42.6 Å². The highest BCUT2D eigenvalue weighted by Crippen LogP contribution is 2.58. The predicted octanol–water partition coefficient (Wildman–Crippen LogP) is 6.63. The van der Waals surface area contributed by atoms with Gasteiger partial charge < -0.3 is 19.7 Å². The van der Waals surface area contributed by atoms with Gasteiger partial charge in [0.05, 0.1) is 16.8 Å². The van der Waals surface area contributed by atoms with Crippen molar-refractivity contribution in [2.45, 2.75) is 18.9 Å². The number of benzene rings is 4.